The molecule has 4 aliphatic carbocycles. The van der Waals surface area contributed by atoms with Crippen molar-refractivity contribution in [1.82, 2.24) is 0 Å². The van der Waals surface area contributed by atoms with Crippen LogP contribution in [0, 0.1) is 52.3 Å². The van der Waals surface area contributed by atoms with E-state index < -0.39 is 128 Å². The van der Waals surface area contributed by atoms with Crippen molar-refractivity contribution in [3.8, 4) is 0 Å². The number of hydrogen-bond acceptors (Lipinski definition) is 20. The van der Waals surface area contributed by atoms with E-state index in [-0.39, 0.29) is 34.0 Å². The molecule has 8 fully saturated rings. The summed E-state index contributed by atoms with van der Waals surface area (Å²) in [4.78, 5) is 92.4. The van der Waals surface area contributed by atoms with E-state index in [1.54, 1.807) is 48.5 Å². The standard InChI is InChI=1S/C63H82O20/c1-33-22-27-63(73-30-33)34(2)50-47(83-63)29-46-44-21-20-42-28-43(23-25-61(42,8)45(44)24-26-62(46,50)9)78-59-56(82-60-55(77-39(7)68)53(76-38(6)67)51(74-36(4)65)48(80-60)31-71-35(3)64)54(81-58(70)41-18-14-11-15-19-41)52(75-37(5)66)49(79-59)32-72-57(69)40-16-12-10-13-17-40/h10-19,33-34,42-56,59-60H,20-32H2,1-9H3/t33-,34-,42+,43-,44+,45-,46-,47-,48+,49+,50-,51+,52-,53-,54-,55+,56+,59+,60-,61-,62-,63+/m0/s1. The highest BCUT2D eigenvalue weighted by molar-refractivity contribution is 5.90. The van der Waals surface area contributed by atoms with Gasteiger partial charge in [0.15, 0.2) is 55.0 Å². The average Bonchev–Trinajstić information content (AvgIpc) is 2.18. The van der Waals surface area contributed by atoms with Gasteiger partial charge in [-0.2, -0.15) is 0 Å². The van der Waals surface area contributed by atoms with Crippen LogP contribution in [0.15, 0.2) is 60.7 Å². The summed E-state index contributed by atoms with van der Waals surface area (Å²) < 4.78 is 82.0. The molecule has 2 aromatic carbocycles. The molecule has 1 spiro atoms. The highest BCUT2D eigenvalue weighted by atomic mass is 16.8. The van der Waals surface area contributed by atoms with Gasteiger partial charge in [0.1, 0.15) is 25.4 Å². The van der Waals surface area contributed by atoms with Gasteiger partial charge in [-0.25, -0.2) is 9.59 Å². The number of fused-ring (bicyclic) bond motifs is 7. The summed E-state index contributed by atoms with van der Waals surface area (Å²) in [7, 11) is 0. The van der Waals surface area contributed by atoms with Gasteiger partial charge < -0.3 is 61.6 Å². The highest BCUT2D eigenvalue weighted by Crippen LogP contribution is 2.71. The third kappa shape index (κ3) is 12.5. The molecule has 0 radical (unpaired) electrons. The molecule has 83 heavy (non-hydrogen) atoms. The smallest absolute Gasteiger partial charge is 0.338 e. The van der Waals surface area contributed by atoms with E-state index in [4.69, 9.17) is 61.6 Å². The van der Waals surface area contributed by atoms with E-state index in [2.05, 4.69) is 27.7 Å². The first-order valence-corrected chi connectivity index (χ1v) is 29.8. The molecule has 0 bridgehead atoms. The van der Waals surface area contributed by atoms with Crippen LogP contribution in [0.25, 0.3) is 0 Å². The number of carbonyl (C=O) groups excluding carboxylic acids is 7. The van der Waals surface area contributed by atoms with Gasteiger partial charge in [0.25, 0.3) is 0 Å². The van der Waals surface area contributed by atoms with Crippen LogP contribution in [0.3, 0.4) is 0 Å². The Morgan fingerprint density at radius 2 is 1.08 bits per heavy atom. The lowest BCUT2D eigenvalue weighted by atomic mass is 9.44. The minimum absolute atomic E-state index is 0.0157. The number of hydrogen-bond donors (Lipinski definition) is 0. The second-order valence-corrected chi connectivity index (χ2v) is 25.2. The van der Waals surface area contributed by atoms with Crippen LogP contribution < -0.4 is 0 Å². The van der Waals surface area contributed by atoms with Gasteiger partial charge in [0.05, 0.1) is 29.9 Å². The summed E-state index contributed by atoms with van der Waals surface area (Å²) in [5.74, 6) is -3.15. The first-order valence-electron chi connectivity index (χ1n) is 29.8. The molecule has 4 heterocycles. The van der Waals surface area contributed by atoms with Gasteiger partial charge in [-0.15, -0.1) is 0 Å². The Kier molecular flexibility index (Phi) is 18.1. The van der Waals surface area contributed by atoms with Crippen LogP contribution in [0.4, 0.5) is 0 Å². The monoisotopic (exact) mass is 1160 g/mol. The summed E-state index contributed by atoms with van der Waals surface area (Å²) >= 11 is 0. The maximum atomic E-state index is 14.5. The fourth-order valence-electron chi connectivity index (χ4n) is 16.3. The zero-order chi connectivity index (χ0) is 59.1. The quantitative estimate of drug-likeness (QED) is 0.0931. The molecule has 8 aliphatic rings. The molecule has 0 amide bonds. The van der Waals surface area contributed by atoms with E-state index in [1.807, 2.05) is 0 Å². The van der Waals surface area contributed by atoms with Gasteiger partial charge in [0.2, 0.25) is 0 Å². The highest BCUT2D eigenvalue weighted by Gasteiger charge is 2.69. The molecular weight excluding hydrogens is 1080 g/mol. The maximum Gasteiger partial charge on any atom is 0.338 e. The van der Waals surface area contributed by atoms with Crippen LogP contribution in [0.2, 0.25) is 0 Å². The largest absolute Gasteiger partial charge is 0.463 e. The van der Waals surface area contributed by atoms with Crippen LogP contribution in [-0.4, -0.2) is 141 Å². The van der Waals surface area contributed by atoms with E-state index in [0.29, 0.717) is 48.3 Å². The lowest BCUT2D eigenvalue weighted by Gasteiger charge is -2.61. The Morgan fingerprint density at radius 3 is 1.67 bits per heavy atom. The molecule has 4 saturated carbocycles. The van der Waals surface area contributed by atoms with Crippen LogP contribution in [0.1, 0.15) is 147 Å². The normalized spacial score (nSPS) is 40.7. The molecule has 0 aromatic heterocycles. The molecule has 22 atom stereocenters. The lowest BCUT2D eigenvalue weighted by molar-refractivity contribution is -0.373. The van der Waals surface area contributed by atoms with E-state index in [9.17, 15) is 33.6 Å². The lowest BCUT2D eigenvalue weighted by Crippen LogP contribution is -2.67. The molecule has 0 N–H and O–H groups in total. The third-order valence-corrected chi connectivity index (χ3v) is 20.0. The van der Waals surface area contributed by atoms with Gasteiger partial charge >= 0.3 is 41.8 Å². The van der Waals surface area contributed by atoms with E-state index in [1.165, 1.54) is 12.1 Å². The van der Waals surface area contributed by atoms with Gasteiger partial charge in [0, 0.05) is 47.0 Å². The topological polar surface area (TPSA) is 239 Å². The number of ether oxygens (including phenoxy) is 13. The summed E-state index contributed by atoms with van der Waals surface area (Å²) in [6, 6.07) is 16.3. The number of carbonyl (C=O) groups is 7. The Morgan fingerprint density at radius 1 is 0.530 bits per heavy atom. The summed E-state index contributed by atoms with van der Waals surface area (Å²) in [6.45, 7) is 14.9. The van der Waals surface area contributed by atoms with Crippen molar-refractivity contribution in [2.45, 2.75) is 206 Å². The van der Waals surface area contributed by atoms with Crippen LogP contribution in [-0.2, 0) is 85.6 Å². The molecule has 4 aliphatic heterocycles. The van der Waals surface area contributed by atoms with Crippen LogP contribution >= 0.6 is 0 Å². The molecule has 4 saturated heterocycles. The molecule has 20 heteroatoms. The van der Waals surface area contributed by atoms with Gasteiger partial charge in [-0.1, -0.05) is 64.1 Å². The Hall–Kier alpha value is -5.51. The van der Waals surface area contributed by atoms with Crippen molar-refractivity contribution in [2.24, 2.45) is 52.3 Å². The Balaban J connectivity index is 0.978. The first kappa shape index (κ1) is 60.6. The van der Waals surface area contributed by atoms with Gasteiger partial charge in [-0.05, 0) is 128 Å². The predicted octanol–water partition coefficient (Wildman–Crippen LogP) is 8.03. The molecule has 20 nitrogen and oxygen atoms in total. The van der Waals surface area contributed by atoms with E-state index >= 15 is 0 Å². The number of esters is 7. The first-order chi connectivity index (χ1) is 39.6. The molecule has 0 unspecified atom stereocenters. The summed E-state index contributed by atoms with van der Waals surface area (Å²) in [5, 5.41) is 0. The van der Waals surface area contributed by atoms with E-state index in [0.717, 1.165) is 92.6 Å². The molecule has 454 valence electrons. The zero-order valence-corrected chi connectivity index (χ0v) is 49.1. The zero-order valence-electron chi connectivity index (χ0n) is 49.1. The fourth-order valence-corrected chi connectivity index (χ4v) is 16.3. The fraction of sp³-hybridized carbons (Fsp3) is 0.698. The van der Waals surface area contributed by atoms with Crippen molar-refractivity contribution in [3.63, 3.8) is 0 Å². The van der Waals surface area contributed by atoms with Crippen molar-refractivity contribution >= 4 is 41.8 Å². The number of rotatable bonds is 15. The Bertz CT molecular complexity index is 2680. The third-order valence-electron chi connectivity index (χ3n) is 20.0. The van der Waals surface area contributed by atoms with Crippen LogP contribution in [0.5, 0.6) is 0 Å². The van der Waals surface area contributed by atoms with Gasteiger partial charge in [-0.3, -0.25) is 24.0 Å². The average molecular weight is 1160 g/mol. The Labute approximate surface area is 485 Å². The molecular formula is C63H82O20. The molecule has 2 aromatic rings. The van der Waals surface area contributed by atoms with Crippen molar-refractivity contribution < 1.29 is 95.1 Å². The maximum absolute atomic E-state index is 14.5. The second-order valence-electron chi connectivity index (χ2n) is 25.2. The SMILES string of the molecule is CC(=O)OC[C@H]1O[C@@H](O[C@H]2[C@H](O[C@H]3CC[C@@]4(C)[C@H](CC[C@@H]5[C@@H]4CC[C@]4(C)[C@@H]6[C@H](C[C@@H]54)O[C@]4(CC[C@H](C)CO4)[C@H]6C)C3)O[C@H](COC(=O)c3ccccc3)[C@H](OC(C)=O)[C@@H]2OC(=O)c2ccccc2)[C@H](OC(C)=O)[C@@H](OC(C)=O)[C@@H]1OC(C)=O. The van der Waals surface area contributed by atoms with Crippen molar-refractivity contribution in [2.75, 3.05) is 19.8 Å². The van der Waals surface area contributed by atoms with Crippen molar-refractivity contribution in [1.29, 1.82) is 0 Å². The van der Waals surface area contributed by atoms with Crippen molar-refractivity contribution in [3.05, 3.63) is 71.8 Å². The second kappa shape index (κ2) is 24.8. The number of benzene rings is 2. The molecule has 10 rings (SSSR count). The summed E-state index contributed by atoms with van der Waals surface area (Å²) in [5.41, 5.74) is 0.472. The summed E-state index contributed by atoms with van der Waals surface area (Å²) in [6.07, 6.45) is -6.79. The minimum Gasteiger partial charge on any atom is -0.463 e. The predicted molar refractivity (Wildman–Crippen MR) is 290 cm³/mol. The minimum atomic E-state index is -1.83.